The molecule has 3 N–H and O–H groups in total. The third kappa shape index (κ3) is 7.98. The Hall–Kier alpha value is -1.64. The maximum absolute atomic E-state index is 12.5. The van der Waals surface area contributed by atoms with Gasteiger partial charge in [-0.25, -0.2) is 9.67 Å². The zero-order chi connectivity index (χ0) is 27.4. The Bertz CT molecular complexity index is 1370. The van der Waals surface area contributed by atoms with Gasteiger partial charge in [0.15, 0.2) is 16.0 Å². The summed E-state index contributed by atoms with van der Waals surface area (Å²) in [5.74, 6) is -3.00. The van der Waals surface area contributed by atoms with Crippen LogP contribution in [0.1, 0.15) is 12.6 Å². The molecule has 1 saturated heterocycles. The molecule has 2 atom stereocenters. The zero-order valence-corrected chi connectivity index (χ0v) is 28.2. The van der Waals surface area contributed by atoms with Gasteiger partial charge in [-0.2, -0.15) is 10.1 Å². The summed E-state index contributed by atoms with van der Waals surface area (Å²) in [6, 6.07) is -0.881. The number of aryl methyl sites for hydroxylation is 1. The Labute approximate surface area is 278 Å². The Kier molecular flexibility index (Phi) is 14.0. The molecule has 39 heavy (non-hydrogen) atoms. The number of amides is 2. The van der Waals surface area contributed by atoms with E-state index in [0.717, 1.165) is 16.2 Å². The van der Waals surface area contributed by atoms with Crippen LogP contribution in [-0.2, 0) is 26.3 Å². The van der Waals surface area contributed by atoms with E-state index in [1.807, 2.05) is 0 Å². The van der Waals surface area contributed by atoms with E-state index in [9.17, 15) is 29.4 Å². The first kappa shape index (κ1) is 35.4. The second-order valence-corrected chi connectivity index (χ2v) is 10.1. The van der Waals surface area contributed by atoms with Crippen LogP contribution in [0.4, 0.5) is 5.13 Å². The molecule has 4 heterocycles. The number of carbonyl (C=O) groups is 3. The molecule has 0 bridgehead atoms. The minimum Gasteiger partial charge on any atom is -0.854 e. The number of nitrogens with one attached hydrogen (secondary N) is 1. The van der Waals surface area contributed by atoms with Crippen molar-refractivity contribution in [3.8, 4) is 5.88 Å². The summed E-state index contributed by atoms with van der Waals surface area (Å²) in [7, 11) is 2.84. The quantitative estimate of drug-likeness (QED) is 0.102. The number of carboxylic acid groups (broad SMARTS) is 1. The second kappa shape index (κ2) is 15.4. The fourth-order valence-corrected chi connectivity index (χ4v) is 5.59. The van der Waals surface area contributed by atoms with Crippen LogP contribution in [-0.4, -0.2) is 78.7 Å². The molecule has 2 amide bonds. The maximum Gasteiger partial charge on any atom is 1.00 e. The van der Waals surface area contributed by atoms with Crippen molar-refractivity contribution in [2.24, 2.45) is 12.2 Å². The minimum absolute atomic E-state index is 0. The topological polar surface area (TPSA) is 221 Å². The van der Waals surface area contributed by atoms with E-state index in [1.54, 1.807) is 20.2 Å². The van der Waals surface area contributed by atoms with Crippen LogP contribution in [0.3, 0.4) is 0 Å². The first-order valence-electron chi connectivity index (χ1n) is 10.2. The van der Waals surface area contributed by atoms with Crippen LogP contribution >= 0.6 is 34.9 Å². The number of thioether (sulfide) groups is 2. The summed E-state index contributed by atoms with van der Waals surface area (Å²) in [5, 5.41) is 33.2. The van der Waals surface area contributed by atoms with Crippen LogP contribution in [0, 0.1) is 0 Å². The van der Waals surface area contributed by atoms with Crippen LogP contribution in [0.15, 0.2) is 31.8 Å². The summed E-state index contributed by atoms with van der Waals surface area (Å²) in [5.41, 5.74) is 5.27. The van der Waals surface area contributed by atoms with Gasteiger partial charge in [0.1, 0.15) is 24.2 Å². The molecule has 198 valence electrons. The molecule has 0 radical (unpaired) electrons. The number of hydrogen-bond acceptors (Lipinski definition) is 15. The third-order valence-electron chi connectivity index (χ3n) is 4.88. The number of thiazole rings is 1. The summed E-state index contributed by atoms with van der Waals surface area (Å²) < 4.78 is 1.29. The number of β-lactam (4-membered cyclic amide) rings is 1. The van der Waals surface area contributed by atoms with Gasteiger partial charge in [-0.15, -0.1) is 23.1 Å². The molecule has 0 spiro atoms. The molecular weight excluding hydrogens is 594 g/mol. The Morgan fingerprint density at radius 2 is 1.97 bits per heavy atom. The van der Waals surface area contributed by atoms with Gasteiger partial charge in [-0.1, -0.05) is 16.9 Å². The second-order valence-electron chi connectivity index (χ2n) is 7.30. The summed E-state index contributed by atoms with van der Waals surface area (Å²) >= 11 is 3.76. The van der Waals surface area contributed by atoms with E-state index in [-0.39, 0.29) is 81.3 Å². The molecule has 2 aromatic heterocycles. The fraction of sp³-hybridized carbons (Fsp3) is 0.368. The number of fused-ring (bicyclic) bond motifs is 1. The number of anilines is 1. The van der Waals surface area contributed by atoms with Crippen LogP contribution in [0.2, 0.25) is 0 Å². The number of carbonyl (C=O) groups excluding carboxylic acids is 3. The van der Waals surface area contributed by atoms with E-state index in [2.05, 4.69) is 30.4 Å². The largest absolute Gasteiger partial charge is 1.00 e. The van der Waals surface area contributed by atoms with Crippen molar-refractivity contribution in [2.45, 2.75) is 23.5 Å². The summed E-state index contributed by atoms with van der Waals surface area (Å²) in [4.78, 5) is 60.1. The summed E-state index contributed by atoms with van der Waals surface area (Å²) in [6.07, 6.45) is 1.76. The molecule has 2 aliphatic rings. The van der Waals surface area contributed by atoms with E-state index in [4.69, 9.17) is 5.73 Å². The number of rotatable bonds is 6. The van der Waals surface area contributed by atoms with Crippen molar-refractivity contribution in [1.29, 1.82) is 0 Å². The van der Waals surface area contributed by atoms with Crippen molar-refractivity contribution in [3.05, 3.63) is 32.7 Å². The predicted octanol–water partition coefficient (Wildman–Crippen LogP) is -8.52. The predicted molar refractivity (Wildman–Crippen MR) is 131 cm³/mol. The molecule has 4 rings (SSSR count). The SMILES string of the molecule is CO/N=C(\C(=O)N[C@@H]1C(=O)N2C(C(=O)[O-])=C(C)CS[C@H]12)c1csc(N)n1.CSc1nc(=O)c([O-])nn1C.[Na+].[Na+]. The van der Waals surface area contributed by atoms with Crippen LogP contribution < -0.4 is 85.9 Å². The van der Waals surface area contributed by atoms with Gasteiger partial charge in [-0.05, 0) is 18.8 Å². The van der Waals surface area contributed by atoms with Crippen LogP contribution in [0.5, 0.6) is 5.88 Å². The zero-order valence-electron chi connectivity index (χ0n) is 21.8. The van der Waals surface area contributed by atoms with E-state index >= 15 is 0 Å². The number of hydrogen-bond donors (Lipinski definition) is 2. The summed E-state index contributed by atoms with van der Waals surface area (Å²) in [6.45, 7) is 1.63. The molecule has 0 aliphatic carbocycles. The molecule has 15 nitrogen and oxygen atoms in total. The van der Waals surface area contributed by atoms with Crippen LogP contribution in [0.25, 0.3) is 0 Å². The molecule has 2 aromatic rings. The first-order valence-corrected chi connectivity index (χ1v) is 13.3. The minimum atomic E-state index is -1.41. The van der Waals surface area contributed by atoms with Gasteiger partial charge >= 0.3 is 59.1 Å². The van der Waals surface area contributed by atoms with Crippen molar-refractivity contribution in [3.63, 3.8) is 0 Å². The van der Waals surface area contributed by atoms with Gasteiger partial charge in [0.25, 0.3) is 17.4 Å². The van der Waals surface area contributed by atoms with E-state index < -0.39 is 40.6 Å². The average Bonchev–Trinajstić information content (AvgIpc) is 3.28. The number of nitrogens with zero attached hydrogens (tertiary/aromatic N) is 6. The normalized spacial score (nSPS) is 17.9. The Morgan fingerprint density at radius 3 is 2.51 bits per heavy atom. The molecule has 2 aliphatic heterocycles. The van der Waals surface area contributed by atoms with E-state index in [0.29, 0.717) is 16.5 Å². The number of nitrogens with two attached hydrogens (primary N) is 1. The van der Waals surface area contributed by atoms with Crippen molar-refractivity contribution < 1.29 is 88.5 Å². The number of oxime groups is 1. The van der Waals surface area contributed by atoms with Gasteiger partial charge in [0.05, 0.1) is 17.5 Å². The molecule has 0 saturated carbocycles. The number of nitrogen functional groups attached to an aromatic ring is 1. The monoisotopic (exact) mass is 614 g/mol. The molecule has 0 unspecified atom stereocenters. The number of carboxylic acids is 1. The van der Waals surface area contributed by atoms with Crippen molar-refractivity contribution in [2.75, 3.05) is 24.9 Å². The molecule has 0 aromatic carbocycles. The molecule has 1 fully saturated rings. The van der Waals surface area contributed by atoms with Gasteiger partial charge in [0, 0.05) is 18.2 Å². The third-order valence-corrected chi connectivity index (χ3v) is 7.70. The Balaban J connectivity index is 0.000000497. The Morgan fingerprint density at radius 1 is 1.31 bits per heavy atom. The maximum atomic E-state index is 12.5. The fourth-order valence-electron chi connectivity index (χ4n) is 3.27. The smallest absolute Gasteiger partial charge is 0.854 e. The standard InChI is InChI=1S/C14H15N5O5S2.C5H7N3O2S.2Na/c1-5-3-25-12-8(11(21)19(12)9(5)13(22)23)17-10(20)7(18-24-2)6-4-26-14(15)16-6;1-8-5(11-2)6-3(9)4(10)7-8;;/h4,8,12H,3H2,1-2H3,(H2,15,16)(H,17,20)(H,22,23);1-2H3,(H,7,10);;/q;;2*+1/p-2/b18-7-;;;/t8-,12-;;;/m1.../s1. The average molecular weight is 615 g/mol. The molecule has 20 heteroatoms. The first-order chi connectivity index (χ1) is 17.5. The number of aliphatic carboxylic acids is 1. The molecular formula is C19H20N8Na2O7S3. The van der Waals surface area contributed by atoms with Crippen molar-refractivity contribution in [1.82, 2.24) is 30.0 Å². The van der Waals surface area contributed by atoms with Gasteiger partial charge in [-0.3, -0.25) is 19.3 Å². The van der Waals surface area contributed by atoms with Gasteiger partial charge in [0.2, 0.25) is 0 Å². The van der Waals surface area contributed by atoms with Gasteiger partial charge < -0.3 is 30.9 Å². The van der Waals surface area contributed by atoms with Crippen molar-refractivity contribution >= 4 is 63.5 Å². The number of aromatic nitrogens is 4. The van der Waals surface area contributed by atoms with E-state index in [1.165, 1.54) is 40.7 Å².